The molecule has 0 aromatic heterocycles. The number of ether oxygens (including phenoxy) is 1. The molecule has 0 spiro atoms. The highest BCUT2D eigenvalue weighted by Gasteiger charge is 2.32. The Morgan fingerprint density at radius 1 is 1.37 bits per heavy atom. The van der Waals surface area contributed by atoms with Crippen LogP contribution in [0.25, 0.3) is 0 Å². The summed E-state index contributed by atoms with van der Waals surface area (Å²) in [5.41, 5.74) is 0. The summed E-state index contributed by atoms with van der Waals surface area (Å²) in [5.74, 6) is 0.835. The first-order valence-electron chi connectivity index (χ1n) is 9.04. The Kier molecular flexibility index (Phi) is 9.82. The molecule has 1 N–H and O–H groups in total. The van der Waals surface area contributed by atoms with Crippen molar-refractivity contribution >= 4 is 15.8 Å². The van der Waals surface area contributed by atoms with Crippen molar-refractivity contribution in [3.05, 3.63) is 0 Å². The van der Waals surface area contributed by atoms with Gasteiger partial charge in [0.2, 0.25) is 0 Å². The lowest BCUT2D eigenvalue weighted by molar-refractivity contribution is -0.146. The van der Waals surface area contributed by atoms with Crippen LogP contribution in [0.3, 0.4) is 0 Å². The van der Waals surface area contributed by atoms with Crippen molar-refractivity contribution in [3.8, 4) is 0 Å². The second-order valence-corrected chi connectivity index (χ2v) is 9.02. The third-order valence-corrected chi connectivity index (χ3v) is 5.20. The smallest absolute Gasteiger partial charge is 0.379 e. The predicted octanol–water partition coefficient (Wildman–Crippen LogP) is 0.829. The van der Waals surface area contributed by atoms with E-state index in [2.05, 4.69) is 10.3 Å². The molecule has 1 atom stereocenters. The number of sulfone groups is 1. The molecule has 1 saturated heterocycles. The Labute approximate surface area is 159 Å². The lowest BCUT2D eigenvalue weighted by Gasteiger charge is -2.26. The van der Waals surface area contributed by atoms with E-state index >= 15 is 0 Å². The second kappa shape index (κ2) is 11.1. The van der Waals surface area contributed by atoms with Crippen LogP contribution in [-0.2, 0) is 14.6 Å². The van der Waals surface area contributed by atoms with Crippen molar-refractivity contribution < 1.29 is 26.3 Å². The fourth-order valence-electron chi connectivity index (χ4n) is 2.98. The number of hydrogen-bond donors (Lipinski definition) is 1. The van der Waals surface area contributed by atoms with E-state index in [-0.39, 0.29) is 18.3 Å². The summed E-state index contributed by atoms with van der Waals surface area (Å²) < 4.78 is 65.1. The minimum atomic E-state index is -4.18. The normalized spacial score (nSPS) is 19.1. The van der Waals surface area contributed by atoms with Crippen molar-refractivity contribution in [1.82, 2.24) is 15.1 Å². The van der Waals surface area contributed by atoms with Crippen LogP contribution in [0, 0.1) is 5.92 Å². The lowest BCUT2D eigenvalue weighted by Crippen LogP contribution is -2.42. The van der Waals surface area contributed by atoms with Gasteiger partial charge in [-0.3, -0.25) is 9.89 Å². The predicted molar refractivity (Wildman–Crippen MR) is 99.7 cm³/mol. The molecule has 0 radical (unpaired) electrons. The zero-order chi connectivity index (χ0) is 20.5. The monoisotopic (exact) mass is 416 g/mol. The average Bonchev–Trinajstić information content (AvgIpc) is 2.99. The van der Waals surface area contributed by atoms with Gasteiger partial charge in [-0.2, -0.15) is 13.2 Å². The summed E-state index contributed by atoms with van der Waals surface area (Å²) >= 11 is 0. The summed E-state index contributed by atoms with van der Waals surface area (Å²) in [5, 5.41) is 3.14. The number of guanidine groups is 1. The van der Waals surface area contributed by atoms with Crippen LogP contribution in [0.1, 0.15) is 13.3 Å². The topological polar surface area (TPSA) is 74.2 Å². The number of nitrogens with zero attached hydrogens (tertiary/aromatic N) is 3. The molecule has 0 amide bonds. The van der Waals surface area contributed by atoms with E-state index in [0.29, 0.717) is 38.7 Å². The maximum absolute atomic E-state index is 12.6. The zero-order valence-electron chi connectivity index (χ0n) is 16.3. The lowest BCUT2D eigenvalue weighted by atomic mass is 10.1. The molecule has 1 heterocycles. The highest BCUT2D eigenvalue weighted by atomic mass is 32.2. The highest BCUT2D eigenvalue weighted by Crippen LogP contribution is 2.21. The molecule has 0 bridgehead atoms. The quantitative estimate of drug-likeness (QED) is 0.323. The largest absolute Gasteiger partial charge is 0.401 e. The van der Waals surface area contributed by atoms with E-state index in [1.54, 1.807) is 14.0 Å². The van der Waals surface area contributed by atoms with Crippen molar-refractivity contribution in [2.75, 3.05) is 71.5 Å². The van der Waals surface area contributed by atoms with Gasteiger partial charge in [-0.25, -0.2) is 8.42 Å². The Morgan fingerprint density at radius 2 is 2.07 bits per heavy atom. The third kappa shape index (κ3) is 10.7. The van der Waals surface area contributed by atoms with Crippen molar-refractivity contribution in [2.45, 2.75) is 19.5 Å². The maximum atomic E-state index is 12.6. The van der Waals surface area contributed by atoms with Crippen LogP contribution < -0.4 is 5.32 Å². The summed E-state index contributed by atoms with van der Waals surface area (Å²) in [6.45, 7) is 4.02. The van der Waals surface area contributed by atoms with Gasteiger partial charge in [0, 0.05) is 39.5 Å². The Hall–Kier alpha value is -1.07. The number of likely N-dealkylation sites (tertiary alicyclic amines) is 1. The first-order valence-corrected chi connectivity index (χ1v) is 11.1. The first-order chi connectivity index (χ1) is 12.5. The average molecular weight is 417 g/mol. The van der Waals surface area contributed by atoms with E-state index in [1.165, 1.54) is 4.90 Å². The standard InChI is InChI=1S/C16H31F3N4O3S/c1-4-22(13-16(17,18)19)11-14-5-7-23(12-14)15(20-2)21-6-8-26-9-10-27(3,24)25/h14H,4-13H2,1-3H3,(H,20,21). The van der Waals surface area contributed by atoms with Crippen molar-refractivity contribution in [2.24, 2.45) is 10.9 Å². The third-order valence-electron chi connectivity index (χ3n) is 4.29. The first kappa shape index (κ1) is 24.0. The van der Waals surface area contributed by atoms with Crippen LogP contribution in [0.5, 0.6) is 0 Å². The van der Waals surface area contributed by atoms with Crippen LogP contribution in [0.15, 0.2) is 4.99 Å². The van der Waals surface area contributed by atoms with Gasteiger partial charge < -0.3 is 15.0 Å². The summed E-state index contributed by atoms with van der Waals surface area (Å²) in [4.78, 5) is 7.67. The van der Waals surface area contributed by atoms with Gasteiger partial charge >= 0.3 is 6.18 Å². The molecule has 1 unspecified atom stereocenters. The molecular weight excluding hydrogens is 385 g/mol. The van der Waals surface area contributed by atoms with Gasteiger partial charge in [0.05, 0.1) is 25.5 Å². The molecule has 160 valence electrons. The number of rotatable bonds is 10. The molecule has 7 nitrogen and oxygen atoms in total. The van der Waals surface area contributed by atoms with Crippen LogP contribution >= 0.6 is 0 Å². The second-order valence-electron chi connectivity index (χ2n) is 6.76. The SMILES string of the molecule is CCN(CC1CCN(C(=NC)NCCOCCS(C)(=O)=O)C1)CC(F)(F)F. The van der Waals surface area contributed by atoms with Gasteiger partial charge in [0.15, 0.2) is 5.96 Å². The van der Waals surface area contributed by atoms with Gasteiger partial charge in [-0.15, -0.1) is 0 Å². The minimum Gasteiger partial charge on any atom is -0.379 e. The fourth-order valence-corrected chi connectivity index (χ4v) is 3.40. The Morgan fingerprint density at radius 3 is 2.63 bits per heavy atom. The number of aliphatic imine (C=N–C) groups is 1. The molecule has 0 aromatic carbocycles. The molecule has 1 rings (SSSR count). The van der Waals surface area contributed by atoms with E-state index in [4.69, 9.17) is 4.74 Å². The summed E-state index contributed by atoms with van der Waals surface area (Å²) in [6, 6.07) is 0. The van der Waals surface area contributed by atoms with Crippen LogP contribution in [0.4, 0.5) is 13.2 Å². The van der Waals surface area contributed by atoms with Crippen molar-refractivity contribution in [1.29, 1.82) is 0 Å². The van der Waals surface area contributed by atoms with E-state index in [0.717, 1.165) is 19.2 Å². The minimum absolute atomic E-state index is 0.0125. The number of halogens is 3. The molecule has 0 aromatic rings. The Balaban J connectivity index is 2.33. The Bertz CT molecular complexity index is 570. The molecular formula is C16H31F3N4O3S. The molecule has 0 aliphatic carbocycles. The zero-order valence-corrected chi connectivity index (χ0v) is 17.1. The molecule has 1 fully saturated rings. The molecule has 0 saturated carbocycles. The molecule has 1 aliphatic rings. The van der Waals surface area contributed by atoms with Gasteiger partial charge in [-0.1, -0.05) is 6.92 Å². The van der Waals surface area contributed by atoms with E-state index in [1.807, 2.05) is 4.90 Å². The molecule has 1 aliphatic heterocycles. The van der Waals surface area contributed by atoms with Crippen molar-refractivity contribution in [3.63, 3.8) is 0 Å². The van der Waals surface area contributed by atoms with Crippen LogP contribution in [0.2, 0.25) is 0 Å². The highest BCUT2D eigenvalue weighted by molar-refractivity contribution is 7.90. The molecule has 11 heteroatoms. The van der Waals surface area contributed by atoms with Gasteiger partial charge in [0.25, 0.3) is 0 Å². The summed E-state index contributed by atoms with van der Waals surface area (Å²) in [6.07, 6.45) is -2.20. The van der Waals surface area contributed by atoms with Gasteiger partial charge in [-0.05, 0) is 18.9 Å². The molecule has 27 heavy (non-hydrogen) atoms. The fraction of sp³-hybridized carbons (Fsp3) is 0.938. The summed E-state index contributed by atoms with van der Waals surface area (Å²) in [7, 11) is -1.37. The number of alkyl halides is 3. The number of nitrogens with one attached hydrogen (secondary N) is 1. The van der Waals surface area contributed by atoms with E-state index in [9.17, 15) is 21.6 Å². The van der Waals surface area contributed by atoms with Gasteiger partial charge in [0.1, 0.15) is 9.84 Å². The number of hydrogen-bond acceptors (Lipinski definition) is 5. The van der Waals surface area contributed by atoms with E-state index < -0.39 is 22.6 Å². The van der Waals surface area contributed by atoms with Crippen LogP contribution in [-0.4, -0.2) is 102 Å². The maximum Gasteiger partial charge on any atom is 0.401 e.